The molecule has 0 saturated heterocycles. The number of halogens is 1. The molecule has 0 fully saturated rings. The van der Waals surface area contributed by atoms with Gasteiger partial charge in [0.1, 0.15) is 23.0 Å². The third-order valence-electron chi connectivity index (χ3n) is 6.34. The minimum absolute atomic E-state index is 0.0887. The summed E-state index contributed by atoms with van der Waals surface area (Å²) < 4.78 is 37.6. The first-order valence-electron chi connectivity index (χ1n) is 12.9. The van der Waals surface area contributed by atoms with Crippen molar-refractivity contribution < 1.29 is 42.7 Å². The normalized spacial score (nSPS) is 10.9. The Morgan fingerprint density at radius 2 is 1.35 bits per heavy atom. The lowest BCUT2D eigenvalue weighted by Gasteiger charge is -2.15. The van der Waals surface area contributed by atoms with Gasteiger partial charge in [-0.15, -0.1) is 0 Å². The van der Waals surface area contributed by atoms with E-state index < -0.39 is 5.78 Å². The summed E-state index contributed by atoms with van der Waals surface area (Å²) in [6.07, 6.45) is 5.98. The fourth-order valence-corrected chi connectivity index (χ4v) is 4.52. The van der Waals surface area contributed by atoms with E-state index in [2.05, 4.69) is 5.32 Å². The average Bonchev–Trinajstić information content (AvgIpc) is 3.02. The van der Waals surface area contributed by atoms with E-state index in [0.29, 0.717) is 40.0 Å². The standard InChI is InChI=1S/C32H34ClNO9/c1-37-21-16-27(39-3)22(28(17-21)40-4)10-9-20(35)14-19-8-11-26(38-2)24(15-19)34-13-12-25(36)23-18-29(41-5)31(42-6)32(43-7)30(23)33/h8-13,15-18,34H,14H2,1-7H3/b10-9+,13-12+. The Morgan fingerprint density at radius 3 is 1.91 bits per heavy atom. The van der Waals surface area contributed by atoms with Crippen molar-refractivity contribution in [1.82, 2.24) is 0 Å². The van der Waals surface area contributed by atoms with E-state index in [0.717, 1.165) is 5.56 Å². The molecule has 0 saturated carbocycles. The maximum Gasteiger partial charge on any atom is 0.204 e. The maximum atomic E-state index is 13.0. The first kappa shape index (κ1) is 32.7. The topological polar surface area (TPSA) is 111 Å². The summed E-state index contributed by atoms with van der Waals surface area (Å²) in [6, 6.07) is 10.2. The zero-order valence-corrected chi connectivity index (χ0v) is 25.8. The predicted molar refractivity (Wildman–Crippen MR) is 165 cm³/mol. The number of ether oxygens (including phenoxy) is 7. The number of methoxy groups -OCH3 is 7. The van der Waals surface area contributed by atoms with Crippen molar-refractivity contribution >= 4 is 34.9 Å². The Bertz CT molecular complexity index is 1510. The largest absolute Gasteiger partial charge is 0.496 e. The van der Waals surface area contributed by atoms with Gasteiger partial charge in [-0.25, -0.2) is 0 Å². The molecule has 43 heavy (non-hydrogen) atoms. The van der Waals surface area contributed by atoms with Crippen molar-refractivity contribution in [2.75, 3.05) is 55.1 Å². The lowest BCUT2D eigenvalue weighted by molar-refractivity contribution is -0.113. The van der Waals surface area contributed by atoms with Crippen molar-refractivity contribution in [3.63, 3.8) is 0 Å². The summed E-state index contributed by atoms with van der Waals surface area (Å²) in [5.74, 6) is 2.30. The molecular formula is C32H34ClNO9. The summed E-state index contributed by atoms with van der Waals surface area (Å²) in [5.41, 5.74) is 2.05. The van der Waals surface area contributed by atoms with E-state index in [4.69, 9.17) is 44.8 Å². The fraction of sp³-hybridized carbons (Fsp3) is 0.250. The number of ketones is 2. The molecule has 10 nitrogen and oxygen atoms in total. The first-order valence-corrected chi connectivity index (χ1v) is 13.3. The first-order chi connectivity index (χ1) is 20.7. The van der Waals surface area contributed by atoms with Crippen LogP contribution in [0.2, 0.25) is 5.02 Å². The molecule has 0 heterocycles. The van der Waals surface area contributed by atoms with E-state index in [1.165, 1.54) is 67.1 Å². The number of benzene rings is 3. The number of rotatable bonds is 15. The average molecular weight is 612 g/mol. The lowest BCUT2D eigenvalue weighted by Crippen LogP contribution is -2.03. The second-order valence-electron chi connectivity index (χ2n) is 8.81. The number of hydrogen-bond donors (Lipinski definition) is 1. The minimum Gasteiger partial charge on any atom is -0.496 e. The van der Waals surface area contributed by atoms with Gasteiger partial charge in [0.25, 0.3) is 0 Å². The number of nitrogens with one attached hydrogen (secondary N) is 1. The van der Waals surface area contributed by atoms with Gasteiger partial charge in [-0.1, -0.05) is 17.7 Å². The Balaban J connectivity index is 1.79. The summed E-state index contributed by atoms with van der Waals surface area (Å²) >= 11 is 6.43. The van der Waals surface area contributed by atoms with E-state index in [1.54, 1.807) is 43.5 Å². The monoisotopic (exact) mass is 611 g/mol. The van der Waals surface area contributed by atoms with Crippen molar-refractivity contribution in [1.29, 1.82) is 0 Å². The molecule has 0 aliphatic rings. The number of carbonyl (C=O) groups is 2. The van der Waals surface area contributed by atoms with Crippen LogP contribution in [0.4, 0.5) is 5.69 Å². The number of hydrogen-bond acceptors (Lipinski definition) is 10. The van der Waals surface area contributed by atoms with Crippen LogP contribution in [0.25, 0.3) is 6.08 Å². The van der Waals surface area contributed by atoms with Crippen LogP contribution < -0.4 is 38.5 Å². The van der Waals surface area contributed by atoms with Gasteiger partial charge in [-0.3, -0.25) is 9.59 Å². The molecule has 0 unspecified atom stereocenters. The molecule has 3 rings (SSSR count). The molecule has 0 atom stereocenters. The second kappa shape index (κ2) is 15.4. The SMILES string of the molecule is COc1cc(OC)c(/C=C/C(=O)Cc2ccc(OC)c(N/C=C/C(=O)c3cc(OC)c(OC)c(OC)c3Cl)c2)c(OC)c1. The highest BCUT2D eigenvalue weighted by atomic mass is 35.5. The van der Waals surface area contributed by atoms with E-state index >= 15 is 0 Å². The van der Waals surface area contributed by atoms with Crippen LogP contribution in [0.5, 0.6) is 40.2 Å². The highest BCUT2D eigenvalue weighted by Gasteiger charge is 2.22. The lowest BCUT2D eigenvalue weighted by atomic mass is 10.1. The minimum atomic E-state index is -0.406. The second-order valence-corrected chi connectivity index (χ2v) is 9.18. The van der Waals surface area contributed by atoms with Gasteiger partial charge >= 0.3 is 0 Å². The van der Waals surface area contributed by atoms with Crippen LogP contribution >= 0.6 is 11.6 Å². The fourth-order valence-electron chi connectivity index (χ4n) is 4.21. The number of allylic oxidation sites excluding steroid dienone is 2. The van der Waals surface area contributed by atoms with Crippen molar-refractivity contribution in [3.05, 3.63) is 76.5 Å². The number of carbonyl (C=O) groups excluding carboxylic acids is 2. The van der Waals surface area contributed by atoms with E-state index in [9.17, 15) is 9.59 Å². The van der Waals surface area contributed by atoms with Crippen LogP contribution in [-0.4, -0.2) is 61.3 Å². The van der Waals surface area contributed by atoms with Crippen LogP contribution in [0.3, 0.4) is 0 Å². The molecule has 0 amide bonds. The summed E-state index contributed by atoms with van der Waals surface area (Å²) in [6.45, 7) is 0. The third kappa shape index (κ3) is 7.72. The Hall–Kier alpha value is -4.83. The summed E-state index contributed by atoms with van der Waals surface area (Å²) in [5, 5.41) is 3.13. The maximum absolute atomic E-state index is 13.0. The molecule has 0 spiro atoms. The predicted octanol–water partition coefficient (Wildman–Crippen LogP) is 6.03. The van der Waals surface area contributed by atoms with Gasteiger partial charge in [0.2, 0.25) is 5.75 Å². The van der Waals surface area contributed by atoms with Crippen LogP contribution in [0.15, 0.2) is 54.8 Å². The Morgan fingerprint density at radius 1 is 0.721 bits per heavy atom. The molecule has 0 bridgehead atoms. The van der Waals surface area contributed by atoms with Gasteiger partial charge in [0, 0.05) is 36.4 Å². The number of anilines is 1. The van der Waals surface area contributed by atoms with Crippen LogP contribution in [0, 0.1) is 0 Å². The van der Waals surface area contributed by atoms with Crippen LogP contribution in [0.1, 0.15) is 21.5 Å². The van der Waals surface area contributed by atoms with Gasteiger partial charge < -0.3 is 38.5 Å². The molecule has 1 N–H and O–H groups in total. The van der Waals surface area contributed by atoms with Crippen molar-refractivity contribution in [2.24, 2.45) is 0 Å². The van der Waals surface area contributed by atoms with Crippen molar-refractivity contribution in [2.45, 2.75) is 6.42 Å². The highest BCUT2D eigenvalue weighted by molar-refractivity contribution is 6.36. The van der Waals surface area contributed by atoms with Gasteiger partial charge in [-0.2, -0.15) is 0 Å². The molecule has 0 aliphatic carbocycles. The van der Waals surface area contributed by atoms with E-state index in [-0.39, 0.29) is 34.3 Å². The Kier molecular flexibility index (Phi) is 11.7. The molecule has 228 valence electrons. The molecule has 3 aromatic rings. The third-order valence-corrected chi connectivity index (χ3v) is 6.71. The molecule has 0 aliphatic heterocycles. The Labute approximate surface area is 255 Å². The van der Waals surface area contributed by atoms with Gasteiger partial charge in [-0.05, 0) is 35.9 Å². The van der Waals surface area contributed by atoms with Crippen molar-refractivity contribution in [3.8, 4) is 40.2 Å². The smallest absolute Gasteiger partial charge is 0.204 e. The highest BCUT2D eigenvalue weighted by Crippen LogP contribution is 2.44. The summed E-state index contributed by atoms with van der Waals surface area (Å²) in [4.78, 5) is 25.9. The zero-order valence-electron chi connectivity index (χ0n) is 25.0. The molecule has 0 aromatic heterocycles. The molecular weight excluding hydrogens is 578 g/mol. The molecule has 0 radical (unpaired) electrons. The quantitative estimate of drug-likeness (QED) is 0.161. The van der Waals surface area contributed by atoms with Gasteiger partial charge in [0.15, 0.2) is 23.1 Å². The zero-order chi connectivity index (χ0) is 31.5. The molecule has 11 heteroatoms. The summed E-state index contributed by atoms with van der Waals surface area (Å²) in [7, 11) is 10.4. The van der Waals surface area contributed by atoms with Crippen LogP contribution in [-0.2, 0) is 11.2 Å². The van der Waals surface area contributed by atoms with E-state index in [1.807, 2.05) is 0 Å². The molecule has 3 aromatic carbocycles. The van der Waals surface area contributed by atoms with Gasteiger partial charge in [0.05, 0.1) is 66.0 Å².